The van der Waals surface area contributed by atoms with Gasteiger partial charge in [-0.1, -0.05) is 73.5 Å². The summed E-state index contributed by atoms with van der Waals surface area (Å²) in [5, 5.41) is 17.8. The second-order valence-electron chi connectivity index (χ2n) is 18.2. The zero-order chi connectivity index (χ0) is 46.3. The van der Waals surface area contributed by atoms with Crippen molar-refractivity contribution in [2.45, 2.75) is 132 Å². The molecule has 64 heavy (non-hydrogen) atoms. The lowest BCUT2D eigenvalue weighted by atomic mass is 9.83. The average molecular weight is 941 g/mol. The number of carbonyl (C=O) groups excluding carboxylic acids is 6. The Bertz CT molecular complexity index is 2040. The molecule has 0 aromatic heterocycles. The number of nitrogens with one attached hydrogen (secondary N) is 6. The molecule has 2 aromatic rings. The number of likely N-dealkylation sites (N-methyl/N-ethyl adjacent to an activating group) is 2. The molecule has 8 atom stereocenters. The summed E-state index contributed by atoms with van der Waals surface area (Å²) in [6.45, 7) is 12.3. The normalized spacial score (nSPS) is 25.9. The third-order valence-corrected chi connectivity index (χ3v) is 16.2. The van der Waals surface area contributed by atoms with Crippen LogP contribution in [-0.4, -0.2) is 133 Å². The monoisotopic (exact) mass is 940 g/mol. The van der Waals surface area contributed by atoms with Crippen LogP contribution < -0.4 is 31.9 Å². The maximum atomic E-state index is 14.2. The lowest BCUT2D eigenvalue weighted by Crippen LogP contribution is -2.57. The number of rotatable bonds is 17. The Morgan fingerprint density at radius 1 is 0.719 bits per heavy atom. The van der Waals surface area contributed by atoms with Gasteiger partial charge >= 0.3 is 0 Å². The summed E-state index contributed by atoms with van der Waals surface area (Å²) < 4.78 is 12.2. The number of fused-ring (bicyclic) bond motifs is 2. The number of nitrogens with zero attached hydrogens (tertiary/aromatic N) is 2. The summed E-state index contributed by atoms with van der Waals surface area (Å²) in [5.41, 5.74) is 0.397. The fraction of sp³-hybridized carbons (Fsp3) is 0.600. The van der Waals surface area contributed by atoms with Gasteiger partial charge in [0.25, 0.3) is 0 Å². The molecule has 6 N–H and O–H groups in total. The van der Waals surface area contributed by atoms with Gasteiger partial charge in [-0.3, -0.25) is 28.8 Å². The van der Waals surface area contributed by atoms with Gasteiger partial charge in [-0.05, 0) is 75.9 Å². The van der Waals surface area contributed by atoms with Gasteiger partial charge in [0, 0.05) is 46.6 Å². The first-order valence-electron chi connectivity index (χ1n) is 22.0. The van der Waals surface area contributed by atoms with E-state index in [1.165, 1.54) is 26.5 Å². The second-order valence-corrected chi connectivity index (χ2v) is 21.6. The van der Waals surface area contributed by atoms with Crippen molar-refractivity contribution in [3.63, 3.8) is 0 Å². The lowest BCUT2D eigenvalue weighted by Gasteiger charge is -2.34. The van der Waals surface area contributed by atoms with Crippen molar-refractivity contribution in [3.8, 4) is 0 Å². The van der Waals surface area contributed by atoms with Crippen LogP contribution in [0.3, 0.4) is 0 Å². The molecule has 6 rings (SSSR count). The molecule has 2 unspecified atom stereocenters. The Balaban J connectivity index is 1.04. The molecule has 4 aliphatic heterocycles. The molecule has 4 aliphatic rings. The van der Waals surface area contributed by atoms with E-state index in [0.29, 0.717) is 55.2 Å². The number of ether oxygens (including phenoxy) is 2. The molecule has 4 saturated heterocycles. The van der Waals surface area contributed by atoms with Gasteiger partial charge in [0.15, 0.2) is 0 Å². The van der Waals surface area contributed by atoms with E-state index < -0.39 is 41.9 Å². The molecule has 0 radical (unpaired) electrons. The Morgan fingerprint density at radius 2 is 1.20 bits per heavy atom. The largest absolute Gasteiger partial charge is 0.358 e. The smallest absolute Gasteiger partial charge is 0.247 e. The first-order chi connectivity index (χ1) is 30.4. The van der Waals surface area contributed by atoms with Crippen molar-refractivity contribution in [1.29, 1.82) is 0 Å². The Labute approximate surface area is 388 Å². The quantitative estimate of drug-likeness (QED) is 0.0964. The molecule has 0 bridgehead atoms. The van der Waals surface area contributed by atoms with Crippen LogP contribution in [0.5, 0.6) is 0 Å². The van der Waals surface area contributed by atoms with Crippen molar-refractivity contribution in [2.75, 3.05) is 49.4 Å². The average Bonchev–Trinajstić information content (AvgIpc) is 3.56. The maximum Gasteiger partial charge on any atom is 0.247 e. The standard InChI is InChI=1S/C45H64N8O8S3/c1-26(46-7)39(55)50-30-17-20-60-36-23-44(3,4)34(52(36)42(30)58)25-62-22-19-35(54)48-28-13-9-11-15-32(28)63-64-33-16-12-10-14-29(33)49-41(57)38-45(5,6)24-37-53(38)43(59)31(18-21-61-37)51-40(56)27(2)47-8/h9-16,26-27,30-31,34,36-38,46-47H,17-25H2,1-8H3,(H,48,54)(H,49,57)(H,50,55)(H,51,56)/t26-,27-,30-,31-,34?,36-,37-,38?/m0/s1. The minimum absolute atomic E-state index is 0.128. The fourth-order valence-electron chi connectivity index (χ4n) is 8.62. The van der Waals surface area contributed by atoms with Crippen LogP contribution in [-0.2, 0) is 38.2 Å². The number of anilines is 2. The van der Waals surface area contributed by atoms with Crippen LogP contribution in [0.4, 0.5) is 11.4 Å². The predicted molar refractivity (Wildman–Crippen MR) is 251 cm³/mol. The lowest BCUT2D eigenvalue weighted by molar-refractivity contribution is -0.148. The van der Waals surface area contributed by atoms with Crippen LogP contribution in [0.2, 0.25) is 0 Å². The summed E-state index contributed by atoms with van der Waals surface area (Å²) in [4.78, 5) is 85.8. The predicted octanol–water partition coefficient (Wildman–Crippen LogP) is 4.42. The molecule has 0 aliphatic carbocycles. The third kappa shape index (κ3) is 11.6. The van der Waals surface area contributed by atoms with E-state index >= 15 is 0 Å². The Hall–Kier alpha value is -3.85. The Kier molecular flexibility index (Phi) is 16.8. The number of para-hydroxylation sites is 2. The molecule has 19 heteroatoms. The van der Waals surface area contributed by atoms with Crippen LogP contribution in [0, 0.1) is 10.8 Å². The number of hydrogen-bond acceptors (Lipinski definition) is 13. The minimum Gasteiger partial charge on any atom is -0.358 e. The van der Waals surface area contributed by atoms with E-state index in [4.69, 9.17) is 9.47 Å². The summed E-state index contributed by atoms with van der Waals surface area (Å²) in [6, 6.07) is 11.6. The van der Waals surface area contributed by atoms with Gasteiger partial charge in [0.1, 0.15) is 30.6 Å². The van der Waals surface area contributed by atoms with E-state index in [1.54, 1.807) is 39.7 Å². The fourth-order valence-corrected chi connectivity index (χ4v) is 12.2. The number of amides is 6. The number of thioether (sulfide) groups is 1. The topological polar surface area (TPSA) is 200 Å². The van der Waals surface area contributed by atoms with Crippen molar-refractivity contribution < 1.29 is 38.2 Å². The molecular formula is C45H64N8O8S3. The number of carbonyl (C=O) groups is 6. The van der Waals surface area contributed by atoms with Gasteiger partial charge in [0.2, 0.25) is 35.4 Å². The molecule has 2 aromatic carbocycles. The Morgan fingerprint density at radius 3 is 1.75 bits per heavy atom. The third-order valence-electron chi connectivity index (χ3n) is 12.6. The van der Waals surface area contributed by atoms with E-state index in [0.717, 1.165) is 9.79 Å². The van der Waals surface area contributed by atoms with Crippen LogP contribution >= 0.6 is 33.3 Å². The molecule has 4 fully saturated rings. The van der Waals surface area contributed by atoms with E-state index in [-0.39, 0.29) is 66.2 Å². The molecule has 0 spiro atoms. The molecular weight excluding hydrogens is 877 g/mol. The van der Waals surface area contributed by atoms with Gasteiger partial charge in [-0.15, -0.1) is 0 Å². The maximum absolute atomic E-state index is 14.2. The zero-order valence-corrected chi connectivity index (χ0v) is 40.4. The highest BCUT2D eigenvalue weighted by atomic mass is 33.1. The summed E-state index contributed by atoms with van der Waals surface area (Å²) >= 11 is 1.62. The van der Waals surface area contributed by atoms with Gasteiger partial charge in [-0.2, -0.15) is 11.8 Å². The SMILES string of the molecule is CN[C@@H](C)C(=O)N[C@H]1CCO[C@H]2CC(C)(C)C(CSCCC(=O)Nc3ccccc3SSc3ccccc3NC(=O)C3N4C(=O)[C@@H](NC(=O)[C@H](C)NC)CCO[C@H]4CC3(C)C)N2C1=O. The van der Waals surface area contributed by atoms with E-state index in [9.17, 15) is 28.8 Å². The number of hydrogen-bond donors (Lipinski definition) is 6. The van der Waals surface area contributed by atoms with Crippen molar-refractivity contribution in [1.82, 2.24) is 31.1 Å². The summed E-state index contributed by atoms with van der Waals surface area (Å²) in [6.07, 6.45) is 1.18. The van der Waals surface area contributed by atoms with Gasteiger partial charge < -0.3 is 51.2 Å². The summed E-state index contributed by atoms with van der Waals surface area (Å²) in [7, 11) is 6.26. The first kappa shape index (κ1) is 49.6. The van der Waals surface area contributed by atoms with Crippen LogP contribution in [0.25, 0.3) is 0 Å². The highest BCUT2D eigenvalue weighted by Crippen LogP contribution is 2.46. The molecule has 16 nitrogen and oxygen atoms in total. The van der Waals surface area contributed by atoms with E-state index in [1.807, 2.05) is 67.3 Å². The van der Waals surface area contributed by atoms with Gasteiger partial charge in [-0.25, -0.2) is 0 Å². The zero-order valence-electron chi connectivity index (χ0n) is 38.0. The highest BCUT2D eigenvalue weighted by Gasteiger charge is 2.55. The first-order valence-corrected chi connectivity index (χ1v) is 25.3. The van der Waals surface area contributed by atoms with Crippen molar-refractivity contribution in [2.24, 2.45) is 10.8 Å². The van der Waals surface area contributed by atoms with E-state index in [2.05, 4.69) is 45.7 Å². The highest BCUT2D eigenvalue weighted by molar-refractivity contribution is 8.76. The van der Waals surface area contributed by atoms with Crippen LogP contribution in [0.1, 0.15) is 73.6 Å². The molecule has 6 amide bonds. The second kappa shape index (κ2) is 21.6. The summed E-state index contributed by atoms with van der Waals surface area (Å²) in [5.74, 6) is -0.326. The van der Waals surface area contributed by atoms with Crippen LogP contribution in [0.15, 0.2) is 58.3 Å². The molecule has 4 heterocycles. The van der Waals surface area contributed by atoms with Crippen molar-refractivity contribution in [3.05, 3.63) is 48.5 Å². The molecule has 350 valence electrons. The minimum atomic E-state index is -0.852. The number of benzene rings is 2. The van der Waals surface area contributed by atoms with Gasteiger partial charge in [0.05, 0.1) is 36.7 Å². The molecule has 0 saturated carbocycles. The van der Waals surface area contributed by atoms with Crippen molar-refractivity contribution >= 4 is 80.2 Å².